The summed E-state index contributed by atoms with van der Waals surface area (Å²) in [5.41, 5.74) is 1.30. The minimum absolute atomic E-state index is 0.432. The first-order chi connectivity index (χ1) is 11.2. The third kappa shape index (κ3) is 4.22. The number of hydrogen-bond donors (Lipinski definition) is 0. The average Bonchev–Trinajstić information content (AvgIpc) is 3.00. The number of nitrogens with zero attached hydrogens (tertiary/aromatic N) is 1. The molecule has 2 saturated carbocycles. The Balaban J connectivity index is 1.68. The second-order valence-corrected chi connectivity index (χ2v) is 7.75. The molecular formula is C19H27Cl2NO. The van der Waals surface area contributed by atoms with Gasteiger partial charge >= 0.3 is 0 Å². The molecule has 23 heavy (non-hydrogen) atoms. The molecule has 4 heteroatoms. The number of hydroxylamine groups is 2. The first kappa shape index (κ1) is 17.5. The fourth-order valence-electron chi connectivity index (χ4n) is 3.75. The van der Waals surface area contributed by atoms with Gasteiger partial charge in [-0.15, -0.1) is 0 Å². The van der Waals surface area contributed by atoms with E-state index in [0.717, 1.165) is 6.54 Å². The van der Waals surface area contributed by atoms with Gasteiger partial charge in [0.05, 0.1) is 16.1 Å². The van der Waals surface area contributed by atoms with Gasteiger partial charge in [0.25, 0.3) is 0 Å². The number of hydrogen-bond acceptors (Lipinski definition) is 2. The molecule has 0 amide bonds. The van der Waals surface area contributed by atoms with Crippen molar-refractivity contribution >= 4 is 23.2 Å². The van der Waals surface area contributed by atoms with Crippen LogP contribution in [0.3, 0.4) is 0 Å². The summed E-state index contributed by atoms with van der Waals surface area (Å²) in [4.78, 5) is 6.40. The lowest BCUT2D eigenvalue weighted by atomic mass is 9.74. The molecule has 0 bridgehead atoms. The molecule has 1 aromatic carbocycles. The molecule has 0 N–H and O–H groups in total. The van der Waals surface area contributed by atoms with Gasteiger partial charge in [0.15, 0.2) is 0 Å². The lowest BCUT2D eigenvalue weighted by Gasteiger charge is -2.44. The predicted octanol–water partition coefficient (Wildman–Crippen LogP) is 6.22. The van der Waals surface area contributed by atoms with Crippen molar-refractivity contribution in [2.75, 3.05) is 6.54 Å². The van der Waals surface area contributed by atoms with Crippen LogP contribution in [0.1, 0.15) is 69.8 Å². The van der Waals surface area contributed by atoms with Gasteiger partial charge in [-0.2, -0.15) is 5.06 Å². The Morgan fingerprint density at radius 1 is 1.09 bits per heavy atom. The lowest BCUT2D eigenvalue weighted by Crippen LogP contribution is -2.47. The third-order valence-corrected chi connectivity index (χ3v) is 6.04. The number of rotatable bonds is 7. The lowest BCUT2D eigenvalue weighted by molar-refractivity contribution is -0.236. The SMILES string of the molecule is CCCCN(OC1CCCC1)C1CCC1c1ccc(Cl)c(Cl)c1. The van der Waals surface area contributed by atoms with E-state index in [1.807, 2.05) is 12.1 Å². The van der Waals surface area contributed by atoms with Crippen LogP contribution in [0.4, 0.5) is 0 Å². The van der Waals surface area contributed by atoms with E-state index in [-0.39, 0.29) is 0 Å². The number of benzene rings is 1. The van der Waals surface area contributed by atoms with E-state index in [2.05, 4.69) is 18.1 Å². The Morgan fingerprint density at radius 2 is 1.87 bits per heavy atom. The van der Waals surface area contributed by atoms with E-state index in [1.54, 1.807) is 0 Å². The zero-order chi connectivity index (χ0) is 16.2. The van der Waals surface area contributed by atoms with Crippen LogP contribution in [0.15, 0.2) is 18.2 Å². The first-order valence-electron chi connectivity index (χ1n) is 9.07. The summed E-state index contributed by atoms with van der Waals surface area (Å²) in [6.45, 7) is 3.28. The summed E-state index contributed by atoms with van der Waals surface area (Å²) in [6.07, 6.45) is 10.3. The molecule has 0 radical (unpaired) electrons. The predicted molar refractivity (Wildman–Crippen MR) is 97.2 cm³/mol. The van der Waals surface area contributed by atoms with Crippen LogP contribution in [0.2, 0.25) is 10.0 Å². The second-order valence-electron chi connectivity index (χ2n) is 6.93. The highest BCUT2D eigenvalue weighted by Gasteiger charge is 2.38. The molecule has 0 saturated heterocycles. The maximum absolute atomic E-state index is 6.40. The van der Waals surface area contributed by atoms with Crippen LogP contribution < -0.4 is 0 Å². The van der Waals surface area contributed by atoms with Crippen LogP contribution in [0.5, 0.6) is 0 Å². The molecule has 0 spiro atoms. The van der Waals surface area contributed by atoms with Gasteiger partial charge in [0.2, 0.25) is 0 Å². The standard InChI is InChI=1S/C19H27Cl2NO/c1-2-3-12-22(23-15-6-4-5-7-15)19-11-9-16(19)14-8-10-17(20)18(21)13-14/h8,10,13,15-16,19H,2-7,9,11-12H2,1H3. The summed E-state index contributed by atoms with van der Waals surface area (Å²) in [5.74, 6) is 0.517. The van der Waals surface area contributed by atoms with Crippen molar-refractivity contribution in [3.63, 3.8) is 0 Å². The van der Waals surface area contributed by atoms with Crippen LogP contribution in [0, 0.1) is 0 Å². The van der Waals surface area contributed by atoms with Crippen LogP contribution >= 0.6 is 23.2 Å². The van der Waals surface area contributed by atoms with E-state index >= 15 is 0 Å². The second kappa shape index (κ2) is 8.20. The van der Waals surface area contributed by atoms with Crippen molar-refractivity contribution in [3.05, 3.63) is 33.8 Å². The summed E-state index contributed by atoms with van der Waals surface area (Å²) < 4.78 is 0. The Labute approximate surface area is 150 Å². The third-order valence-electron chi connectivity index (χ3n) is 5.30. The largest absolute Gasteiger partial charge is 0.295 e. The molecule has 3 rings (SSSR count). The van der Waals surface area contributed by atoms with Gasteiger partial charge < -0.3 is 0 Å². The van der Waals surface area contributed by atoms with E-state index in [1.165, 1.54) is 56.9 Å². The molecule has 128 valence electrons. The van der Waals surface area contributed by atoms with Crippen molar-refractivity contribution in [1.29, 1.82) is 0 Å². The molecule has 2 fully saturated rings. The van der Waals surface area contributed by atoms with Crippen molar-refractivity contribution < 1.29 is 4.84 Å². The van der Waals surface area contributed by atoms with Gasteiger partial charge in [0.1, 0.15) is 0 Å². The van der Waals surface area contributed by atoms with Gasteiger partial charge in [-0.1, -0.05) is 55.5 Å². The monoisotopic (exact) mass is 355 g/mol. The van der Waals surface area contributed by atoms with Gasteiger partial charge in [-0.25, -0.2) is 0 Å². The fourth-order valence-corrected chi connectivity index (χ4v) is 4.06. The number of halogens is 2. The van der Waals surface area contributed by atoms with Gasteiger partial charge in [-0.3, -0.25) is 4.84 Å². The molecule has 2 aliphatic carbocycles. The molecule has 2 atom stereocenters. The molecule has 2 nitrogen and oxygen atoms in total. The molecule has 2 unspecified atom stereocenters. The summed E-state index contributed by atoms with van der Waals surface area (Å²) in [5, 5.41) is 3.60. The van der Waals surface area contributed by atoms with Crippen molar-refractivity contribution in [3.8, 4) is 0 Å². The smallest absolute Gasteiger partial charge is 0.0793 e. The van der Waals surface area contributed by atoms with E-state index in [9.17, 15) is 0 Å². The zero-order valence-corrected chi connectivity index (χ0v) is 15.5. The average molecular weight is 356 g/mol. The summed E-state index contributed by atoms with van der Waals surface area (Å²) >= 11 is 12.3. The normalized spacial score (nSPS) is 25.0. The minimum atomic E-state index is 0.432. The van der Waals surface area contributed by atoms with E-state index in [4.69, 9.17) is 28.0 Å². The Bertz CT molecular complexity index is 516. The Hall–Kier alpha value is -0.280. The molecule has 0 heterocycles. The molecule has 0 aromatic heterocycles. The first-order valence-corrected chi connectivity index (χ1v) is 9.83. The van der Waals surface area contributed by atoms with Crippen LogP contribution in [-0.4, -0.2) is 23.8 Å². The van der Waals surface area contributed by atoms with Crippen molar-refractivity contribution in [1.82, 2.24) is 5.06 Å². The van der Waals surface area contributed by atoms with E-state index in [0.29, 0.717) is 28.1 Å². The topological polar surface area (TPSA) is 12.5 Å². The molecule has 0 aliphatic heterocycles. The van der Waals surface area contributed by atoms with Crippen molar-refractivity contribution in [2.45, 2.75) is 76.4 Å². The minimum Gasteiger partial charge on any atom is -0.295 e. The molecule has 1 aromatic rings. The Morgan fingerprint density at radius 3 is 2.48 bits per heavy atom. The quantitative estimate of drug-likeness (QED) is 0.538. The Kier molecular flexibility index (Phi) is 6.25. The van der Waals surface area contributed by atoms with Gasteiger partial charge in [-0.05, 0) is 49.8 Å². The summed E-state index contributed by atoms with van der Waals surface area (Å²) in [7, 11) is 0. The molecule has 2 aliphatic rings. The van der Waals surface area contributed by atoms with Crippen molar-refractivity contribution in [2.24, 2.45) is 0 Å². The fraction of sp³-hybridized carbons (Fsp3) is 0.684. The summed E-state index contributed by atoms with van der Waals surface area (Å²) in [6, 6.07) is 6.56. The maximum Gasteiger partial charge on any atom is 0.0793 e. The van der Waals surface area contributed by atoms with E-state index < -0.39 is 0 Å². The zero-order valence-electron chi connectivity index (χ0n) is 13.9. The van der Waals surface area contributed by atoms with Crippen LogP contribution in [0.25, 0.3) is 0 Å². The van der Waals surface area contributed by atoms with Gasteiger partial charge in [0, 0.05) is 18.5 Å². The number of unbranched alkanes of at least 4 members (excludes halogenated alkanes) is 1. The molecular weight excluding hydrogens is 329 g/mol. The highest BCUT2D eigenvalue weighted by Crippen LogP contribution is 2.42. The highest BCUT2D eigenvalue weighted by atomic mass is 35.5. The highest BCUT2D eigenvalue weighted by molar-refractivity contribution is 6.42. The maximum atomic E-state index is 6.40. The van der Waals surface area contributed by atoms with Crippen LogP contribution in [-0.2, 0) is 4.84 Å².